The van der Waals surface area contributed by atoms with Crippen LogP contribution < -0.4 is 30.6 Å². The minimum Gasteiger partial charge on any atom is -0.497 e. The fraction of sp³-hybridized carbons (Fsp3) is 0.280. The molecule has 0 fully saturated rings. The van der Waals surface area contributed by atoms with Gasteiger partial charge >= 0.3 is 0 Å². The van der Waals surface area contributed by atoms with Crippen molar-refractivity contribution < 1.29 is 19.1 Å². The Morgan fingerprint density at radius 1 is 1.11 bits per heavy atom. The van der Waals surface area contributed by atoms with Crippen LogP contribution in [0.2, 0.25) is 0 Å². The normalized spacial score (nSPS) is 16.6. The molecule has 0 saturated heterocycles. The number of amides is 2. The third-order valence-corrected chi connectivity index (χ3v) is 6.35. The molecule has 180 valence electrons. The van der Waals surface area contributed by atoms with E-state index >= 15 is 0 Å². The van der Waals surface area contributed by atoms with E-state index in [1.165, 1.54) is 19.8 Å². The molecule has 0 aliphatic carbocycles. The smallest absolute Gasteiger partial charge is 0.258 e. The topological polar surface area (TPSA) is 126 Å². The zero-order valence-electron chi connectivity index (χ0n) is 19.4. The van der Waals surface area contributed by atoms with Crippen LogP contribution in [-0.2, 0) is 22.6 Å². The van der Waals surface area contributed by atoms with Gasteiger partial charge in [-0.3, -0.25) is 19.4 Å². The molecule has 2 aliphatic rings. The van der Waals surface area contributed by atoms with Crippen molar-refractivity contribution in [3.8, 4) is 11.5 Å². The summed E-state index contributed by atoms with van der Waals surface area (Å²) < 4.78 is 10.5. The Labute approximate surface area is 201 Å². The summed E-state index contributed by atoms with van der Waals surface area (Å²) in [5, 5.41) is 5.44. The zero-order chi connectivity index (χ0) is 24.5. The number of aromatic nitrogens is 2. The van der Waals surface area contributed by atoms with Crippen molar-refractivity contribution in [2.45, 2.75) is 25.3 Å². The number of fused-ring (bicyclic) bond motifs is 2. The van der Waals surface area contributed by atoms with E-state index in [0.717, 1.165) is 12.0 Å². The van der Waals surface area contributed by atoms with Gasteiger partial charge in [0.15, 0.2) is 0 Å². The monoisotopic (exact) mass is 475 g/mol. The summed E-state index contributed by atoms with van der Waals surface area (Å²) in [6.45, 7) is 1.26. The Kier molecular flexibility index (Phi) is 5.86. The highest BCUT2D eigenvalue weighted by Gasteiger charge is 2.35. The molecule has 1 aromatic heterocycles. The number of ether oxygens (including phenoxy) is 2. The predicted molar refractivity (Wildman–Crippen MR) is 130 cm³/mol. The van der Waals surface area contributed by atoms with E-state index < -0.39 is 17.4 Å². The van der Waals surface area contributed by atoms with E-state index in [1.807, 2.05) is 23.1 Å². The van der Waals surface area contributed by atoms with Gasteiger partial charge in [-0.2, -0.15) is 4.98 Å². The van der Waals surface area contributed by atoms with Crippen molar-refractivity contribution in [3.63, 3.8) is 0 Å². The van der Waals surface area contributed by atoms with Gasteiger partial charge in [0, 0.05) is 25.6 Å². The highest BCUT2D eigenvalue weighted by molar-refractivity contribution is 6.05. The first-order valence-corrected chi connectivity index (χ1v) is 11.3. The van der Waals surface area contributed by atoms with Crippen LogP contribution in [0.3, 0.4) is 0 Å². The predicted octanol–water partition coefficient (Wildman–Crippen LogP) is 2.41. The highest BCUT2D eigenvalue weighted by atomic mass is 16.5. The SMILES string of the molecule is COc1ccc(OC)c(NC(=O)[C@@H]2CC(=O)Nc3nc(N4CCc5ccccc5C4)[nH]c(=O)c32)c1. The lowest BCUT2D eigenvalue weighted by atomic mass is 9.92. The Morgan fingerprint density at radius 3 is 2.69 bits per heavy atom. The number of carbonyl (C=O) groups is 2. The summed E-state index contributed by atoms with van der Waals surface area (Å²) in [4.78, 5) is 48.2. The van der Waals surface area contributed by atoms with Crippen LogP contribution in [-0.4, -0.2) is 42.5 Å². The third-order valence-electron chi connectivity index (χ3n) is 6.35. The molecule has 3 aromatic rings. The average molecular weight is 476 g/mol. The van der Waals surface area contributed by atoms with Gasteiger partial charge in [0.05, 0.1) is 31.4 Å². The first-order valence-electron chi connectivity index (χ1n) is 11.3. The van der Waals surface area contributed by atoms with Crippen molar-refractivity contribution in [1.29, 1.82) is 0 Å². The maximum atomic E-state index is 13.2. The molecule has 2 aromatic carbocycles. The van der Waals surface area contributed by atoms with Crippen LogP contribution in [0.4, 0.5) is 17.5 Å². The summed E-state index contributed by atoms with van der Waals surface area (Å²) in [5.74, 6) is -0.497. The molecule has 0 unspecified atom stereocenters. The summed E-state index contributed by atoms with van der Waals surface area (Å²) in [7, 11) is 2.99. The molecular weight excluding hydrogens is 450 g/mol. The van der Waals surface area contributed by atoms with Crippen LogP contribution in [0, 0.1) is 0 Å². The number of hydrogen-bond acceptors (Lipinski definition) is 7. The number of aromatic amines is 1. The second-order valence-electron chi connectivity index (χ2n) is 8.45. The van der Waals surface area contributed by atoms with Gasteiger partial charge in [-0.25, -0.2) is 0 Å². The van der Waals surface area contributed by atoms with E-state index in [9.17, 15) is 14.4 Å². The van der Waals surface area contributed by atoms with E-state index in [-0.39, 0.29) is 23.7 Å². The number of nitrogens with zero attached hydrogens (tertiary/aromatic N) is 2. The standard InChI is InChI=1S/C25H25N5O5/c1-34-16-7-8-19(35-2)18(11-16)26-23(32)17-12-20(31)27-22-21(17)24(33)29-25(28-22)30-10-9-14-5-3-4-6-15(14)13-30/h3-8,11,17H,9-10,12-13H2,1-2H3,(H,26,32)(H2,27,28,29,31,33)/t17-/m1/s1. The molecule has 5 rings (SSSR count). The fourth-order valence-electron chi connectivity index (χ4n) is 4.54. The van der Waals surface area contributed by atoms with Crippen LogP contribution in [0.1, 0.15) is 29.0 Å². The number of benzene rings is 2. The number of hydrogen-bond donors (Lipinski definition) is 3. The van der Waals surface area contributed by atoms with E-state index in [0.29, 0.717) is 36.2 Å². The largest absolute Gasteiger partial charge is 0.497 e. The molecule has 3 N–H and O–H groups in total. The molecule has 0 saturated carbocycles. The molecule has 35 heavy (non-hydrogen) atoms. The number of methoxy groups -OCH3 is 2. The molecule has 2 amide bonds. The quantitative estimate of drug-likeness (QED) is 0.517. The molecule has 0 spiro atoms. The molecule has 10 nitrogen and oxygen atoms in total. The number of H-pyrrole nitrogens is 1. The van der Waals surface area contributed by atoms with Crippen LogP contribution in [0.15, 0.2) is 47.3 Å². The van der Waals surface area contributed by atoms with Crippen molar-refractivity contribution in [2.24, 2.45) is 0 Å². The Bertz CT molecular complexity index is 1370. The van der Waals surface area contributed by atoms with Crippen LogP contribution >= 0.6 is 0 Å². The van der Waals surface area contributed by atoms with Crippen molar-refractivity contribution in [1.82, 2.24) is 9.97 Å². The number of carbonyl (C=O) groups excluding carboxylic acids is 2. The van der Waals surface area contributed by atoms with E-state index in [4.69, 9.17) is 9.47 Å². The second kappa shape index (κ2) is 9.13. The van der Waals surface area contributed by atoms with Gasteiger partial charge in [0.1, 0.15) is 17.3 Å². The molecule has 0 radical (unpaired) electrons. The van der Waals surface area contributed by atoms with E-state index in [1.54, 1.807) is 18.2 Å². The fourth-order valence-corrected chi connectivity index (χ4v) is 4.54. The molecular formula is C25H25N5O5. The first-order chi connectivity index (χ1) is 17.0. The molecule has 3 heterocycles. The Balaban J connectivity index is 1.45. The Hall–Kier alpha value is -4.34. The summed E-state index contributed by atoms with van der Waals surface area (Å²) >= 11 is 0. The lowest BCUT2D eigenvalue weighted by Gasteiger charge is -2.30. The van der Waals surface area contributed by atoms with Gasteiger partial charge in [0.25, 0.3) is 5.56 Å². The lowest BCUT2D eigenvalue weighted by molar-refractivity contribution is -0.123. The lowest BCUT2D eigenvalue weighted by Crippen LogP contribution is -2.39. The van der Waals surface area contributed by atoms with Gasteiger partial charge in [-0.15, -0.1) is 0 Å². The van der Waals surface area contributed by atoms with Gasteiger partial charge in [-0.1, -0.05) is 24.3 Å². The van der Waals surface area contributed by atoms with Crippen molar-refractivity contribution >= 4 is 29.3 Å². The maximum Gasteiger partial charge on any atom is 0.258 e. The zero-order valence-corrected chi connectivity index (χ0v) is 19.4. The van der Waals surface area contributed by atoms with Crippen molar-refractivity contribution in [2.75, 3.05) is 36.3 Å². The highest BCUT2D eigenvalue weighted by Crippen LogP contribution is 2.34. The minimum absolute atomic E-state index is 0.108. The molecule has 1 atom stereocenters. The molecule has 10 heteroatoms. The Morgan fingerprint density at radius 2 is 1.91 bits per heavy atom. The first kappa shape index (κ1) is 22.5. The van der Waals surface area contributed by atoms with Gasteiger partial charge in [-0.05, 0) is 29.7 Å². The summed E-state index contributed by atoms with van der Waals surface area (Å²) in [5.41, 5.74) is 2.47. The van der Waals surface area contributed by atoms with Gasteiger partial charge < -0.3 is 25.0 Å². The minimum atomic E-state index is -1.01. The van der Waals surface area contributed by atoms with Gasteiger partial charge in [0.2, 0.25) is 17.8 Å². The number of rotatable bonds is 5. The number of anilines is 3. The number of nitrogens with one attached hydrogen (secondary N) is 3. The second-order valence-corrected chi connectivity index (χ2v) is 8.45. The van der Waals surface area contributed by atoms with Crippen LogP contribution in [0.5, 0.6) is 11.5 Å². The summed E-state index contributed by atoms with van der Waals surface area (Å²) in [6, 6.07) is 13.1. The summed E-state index contributed by atoms with van der Waals surface area (Å²) in [6.07, 6.45) is 0.642. The average Bonchev–Trinajstić information content (AvgIpc) is 2.87. The molecule has 0 bridgehead atoms. The van der Waals surface area contributed by atoms with Crippen LogP contribution in [0.25, 0.3) is 0 Å². The third kappa shape index (κ3) is 4.30. The van der Waals surface area contributed by atoms with Crippen molar-refractivity contribution in [3.05, 3.63) is 69.5 Å². The maximum absolute atomic E-state index is 13.2. The van der Waals surface area contributed by atoms with E-state index in [2.05, 4.69) is 26.7 Å². The molecule has 2 aliphatic heterocycles.